The van der Waals surface area contributed by atoms with Gasteiger partial charge in [0.15, 0.2) is 11.5 Å². The Hall–Kier alpha value is -2.24. The smallest absolute Gasteiger partial charge is 0.246 e. The number of rotatable bonds is 4. The van der Waals surface area contributed by atoms with E-state index in [0.717, 1.165) is 11.2 Å². The summed E-state index contributed by atoms with van der Waals surface area (Å²) in [6.07, 6.45) is 0. The fourth-order valence-electron chi connectivity index (χ4n) is 2.32. The molecule has 0 saturated heterocycles. The molecule has 2 aromatic carbocycles. The number of fused-ring (bicyclic) bond motifs is 1. The average Bonchev–Trinajstić information content (AvgIpc) is 2.85. The molecular formula is C17H15Cl2N3O2. The summed E-state index contributed by atoms with van der Waals surface area (Å²) in [6, 6.07) is 9.92. The van der Waals surface area contributed by atoms with Crippen LogP contribution in [0.5, 0.6) is 0 Å². The molecule has 0 aliphatic rings. The van der Waals surface area contributed by atoms with Crippen LogP contribution in [0, 0.1) is 6.92 Å². The predicted octanol–water partition coefficient (Wildman–Crippen LogP) is 4.88. The number of carbonyl (C=O) groups excluding carboxylic acids is 1. The number of carbonyl (C=O) groups is 1. The normalized spacial score (nSPS) is 12.2. The van der Waals surface area contributed by atoms with Crippen LogP contribution in [-0.4, -0.2) is 16.9 Å². The van der Waals surface area contributed by atoms with E-state index in [1.165, 1.54) is 0 Å². The maximum Gasteiger partial charge on any atom is 0.246 e. The first-order chi connectivity index (χ1) is 11.4. The van der Waals surface area contributed by atoms with Gasteiger partial charge in [-0.2, -0.15) is 0 Å². The molecule has 3 aromatic rings. The van der Waals surface area contributed by atoms with E-state index >= 15 is 0 Å². The SMILES string of the molecule is Cc1nc2cc(N[C@@H](C)C(=O)Nc3cc(Cl)cc(Cl)c3)ccc2o1. The van der Waals surface area contributed by atoms with Gasteiger partial charge in [0.05, 0.1) is 0 Å². The highest BCUT2D eigenvalue weighted by Crippen LogP contribution is 2.23. The van der Waals surface area contributed by atoms with Crippen LogP contribution in [0.1, 0.15) is 12.8 Å². The molecule has 1 heterocycles. The molecule has 3 rings (SSSR count). The van der Waals surface area contributed by atoms with Crippen LogP contribution in [0.25, 0.3) is 11.1 Å². The minimum absolute atomic E-state index is 0.204. The Bertz CT molecular complexity index is 888. The molecule has 0 unspecified atom stereocenters. The lowest BCUT2D eigenvalue weighted by Gasteiger charge is -2.15. The highest BCUT2D eigenvalue weighted by molar-refractivity contribution is 6.35. The van der Waals surface area contributed by atoms with Gasteiger partial charge >= 0.3 is 0 Å². The van der Waals surface area contributed by atoms with Crippen LogP contribution in [0.4, 0.5) is 11.4 Å². The molecule has 0 radical (unpaired) electrons. The minimum atomic E-state index is -0.465. The first-order valence-electron chi connectivity index (χ1n) is 7.31. The molecule has 1 aromatic heterocycles. The number of amides is 1. The van der Waals surface area contributed by atoms with E-state index in [2.05, 4.69) is 15.6 Å². The van der Waals surface area contributed by atoms with Crippen molar-refractivity contribution in [3.63, 3.8) is 0 Å². The topological polar surface area (TPSA) is 67.2 Å². The third-order valence-electron chi connectivity index (χ3n) is 3.40. The molecule has 0 aliphatic heterocycles. The molecule has 124 valence electrons. The fourth-order valence-corrected chi connectivity index (χ4v) is 2.85. The molecule has 1 amide bonds. The molecule has 7 heteroatoms. The summed E-state index contributed by atoms with van der Waals surface area (Å²) in [6.45, 7) is 3.55. The third-order valence-corrected chi connectivity index (χ3v) is 3.84. The van der Waals surface area contributed by atoms with Crippen molar-refractivity contribution >= 4 is 51.6 Å². The Morgan fingerprint density at radius 3 is 2.54 bits per heavy atom. The monoisotopic (exact) mass is 363 g/mol. The summed E-state index contributed by atoms with van der Waals surface area (Å²) in [5.74, 6) is 0.399. The second kappa shape index (κ2) is 6.71. The summed E-state index contributed by atoms with van der Waals surface area (Å²) in [4.78, 5) is 16.6. The first-order valence-corrected chi connectivity index (χ1v) is 8.07. The second-order valence-corrected chi connectivity index (χ2v) is 6.30. The van der Waals surface area contributed by atoms with Crippen molar-refractivity contribution in [1.29, 1.82) is 0 Å². The van der Waals surface area contributed by atoms with Crippen molar-refractivity contribution in [3.05, 3.63) is 52.3 Å². The molecule has 24 heavy (non-hydrogen) atoms. The molecule has 5 nitrogen and oxygen atoms in total. The van der Waals surface area contributed by atoms with Crippen LogP contribution >= 0.6 is 23.2 Å². The van der Waals surface area contributed by atoms with Gasteiger partial charge in [0, 0.05) is 28.3 Å². The van der Waals surface area contributed by atoms with E-state index in [4.69, 9.17) is 27.6 Å². The Labute approximate surface area is 149 Å². The average molecular weight is 364 g/mol. The van der Waals surface area contributed by atoms with Crippen molar-refractivity contribution in [2.45, 2.75) is 19.9 Å². The minimum Gasteiger partial charge on any atom is -0.441 e. The van der Waals surface area contributed by atoms with Gasteiger partial charge in [0.2, 0.25) is 5.91 Å². The third kappa shape index (κ3) is 3.80. The van der Waals surface area contributed by atoms with Crippen molar-refractivity contribution in [2.24, 2.45) is 0 Å². The number of nitrogens with one attached hydrogen (secondary N) is 2. The molecule has 0 fully saturated rings. The number of aryl methyl sites for hydroxylation is 1. The molecule has 1 atom stereocenters. The molecule has 0 aliphatic carbocycles. The lowest BCUT2D eigenvalue weighted by atomic mass is 10.2. The van der Waals surface area contributed by atoms with Gasteiger partial charge in [0.25, 0.3) is 0 Å². The van der Waals surface area contributed by atoms with E-state index in [1.54, 1.807) is 32.0 Å². The van der Waals surface area contributed by atoms with Crippen molar-refractivity contribution < 1.29 is 9.21 Å². The zero-order valence-corrected chi connectivity index (χ0v) is 14.6. The van der Waals surface area contributed by atoms with Crippen LogP contribution < -0.4 is 10.6 Å². The summed E-state index contributed by atoms with van der Waals surface area (Å²) < 4.78 is 5.43. The number of anilines is 2. The molecular weight excluding hydrogens is 349 g/mol. The summed E-state index contributed by atoms with van der Waals surface area (Å²) in [5.41, 5.74) is 2.78. The molecule has 2 N–H and O–H groups in total. The lowest BCUT2D eigenvalue weighted by molar-refractivity contribution is -0.116. The standard InChI is InChI=1S/C17H15Cl2N3O2/c1-9(17(23)22-14-6-11(18)5-12(19)7-14)20-13-3-4-16-15(8-13)21-10(2)24-16/h3-9,20H,1-2H3,(H,22,23)/t9-/m0/s1. The Kier molecular flexibility index (Phi) is 4.64. The van der Waals surface area contributed by atoms with E-state index in [9.17, 15) is 4.79 Å². The quantitative estimate of drug-likeness (QED) is 0.692. The number of halogens is 2. The van der Waals surface area contributed by atoms with E-state index < -0.39 is 6.04 Å². The first kappa shape index (κ1) is 16.6. The van der Waals surface area contributed by atoms with Gasteiger partial charge in [-0.25, -0.2) is 4.98 Å². The maximum atomic E-state index is 12.3. The van der Waals surface area contributed by atoms with E-state index in [1.807, 2.05) is 18.2 Å². The van der Waals surface area contributed by atoms with Crippen LogP contribution in [0.2, 0.25) is 10.0 Å². The zero-order chi connectivity index (χ0) is 17.3. The number of oxazole rings is 1. The summed E-state index contributed by atoms with van der Waals surface area (Å²) in [7, 11) is 0. The van der Waals surface area contributed by atoms with Gasteiger partial charge in [-0.15, -0.1) is 0 Å². The maximum absolute atomic E-state index is 12.3. The highest BCUT2D eigenvalue weighted by Gasteiger charge is 2.14. The number of nitrogens with zero attached hydrogens (tertiary/aromatic N) is 1. The van der Waals surface area contributed by atoms with Crippen molar-refractivity contribution in [1.82, 2.24) is 4.98 Å². The lowest BCUT2D eigenvalue weighted by Crippen LogP contribution is -2.31. The van der Waals surface area contributed by atoms with Gasteiger partial charge in [-0.3, -0.25) is 4.79 Å². The van der Waals surface area contributed by atoms with Gasteiger partial charge in [-0.05, 0) is 43.3 Å². The largest absolute Gasteiger partial charge is 0.441 e. The number of hydrogen-bond donors (Lipinski definition) is 2. The van der Waals surface area contributed by atoms with Gasteiger partial charge < -0.3 is 15.1 Å². The molecule has 0 saturated carbocycles. The van der Waals surface area contributed by atoms with Gasteiger partial charge in [-0.1, -0.05) is 23.2 Å². The molecule has 0 bridgehead atoms. The zero-order valence-electron chi connectivity index (χ0n) is 13.1. The number of hydrogen-bond acceptors (Lipinski definition) is 4. The van der Waals surface area contributed by atoms with Crippen LogP contribution in [0.3, 0.4) is 0 Å². The predicted molar refractivity (Wildman–Crippen MR) is 96.9 cm³/mol. The summed E-state index contributed by atoms with van der Waals surface area (Å²) >= 11 is 11.9. The van der Waals surface area contributed by atoms with Crippen LogP contribution in [0.15, 0.2) is 40.8 Å². The Morgan fingerprint density at radius 2 is 1.83 bits per heavy atom. The van der Waals surface area contributed by atoms with Crippen LogP contribution in [-0.2, 0) is 4.79 Å². The Balaban J connectivity index is 1.70. The highest BCUT2D eigenvalue weighted by atomic mass is 35.5. The summed E-state index contributed by atoms with van der Waals surface area (Å²) in [5, 5.41) is 6.84. The van der Waals surface area contributed by atoms with E-state index in [-0.39, 0.29) is 5.91 Å². The number of benzene rings is 2. The van der Waals surface area contributed by atoms with Crippen molar-refractivity contribution in [3.8, 4) is 0 Å². The molecule has 0 spiro atoms. The Morgan fingerprint density at radius 1 is 1.12 bits per heavy atom. The van der Waals surface area contributed by atoms with E-state index in [0.29, 0.717) is 27.2 Å². The van der Waals surface area contributed by atoms with Crippen molar-refractivity contribution in [2.75, 3.05) is 10.6 Å². The fraction of sp³-hybridized carbons (Fsp3) is 0.176. The van der Waals surface area contributed by atoms with Gasteiger partial charge in [0.1, 0.15) is 11.6 Å². The number of aromatic nitrogens is 1. The second-order valence-electron chi connectivity index (χ2n) is 5.43.